The van der Waals surface area contributed by atoms with E-state index in [9.17, 15) is 0 Å². The molecular formula is C11H16BrNS. The molecule has 0 bridgehead atoms. The fraction of sp³-hybridized carbons (Fsp3) is 0.455. The van der Waals surface area contributed by atoms with E-state index in [0.29, 0.717) is 0 Å². The zero-order valence-electron chi connectivity index (χ0n) is 8.64. The number of thiophene rings is 1. The van der Waals surface area contributed by atoms with E-state index in [4.69, 9.17) is 5.73 Å². The van der Waals surface area contributed by atoms with Gasteiger partial charge < -0.3 is 5.73 Å². The monoisotopic (exact) mass is 273 g/mol. The lowest BCUT2D eigenvalue weighted by Gasteiger charge is -2.08. The van der Waals surface area contributed by atoms with E-state index >= 15 is 0 Å². The summed E-state index contributed by atoms with van der Waals surface area (Å²) in [7, 11) is 0. The van der Waals surface area contributed by atoms with Gasteiger partial charge in [0, 0.05) is 10.9 Å². The summed E-state index contributed by atoms with van der Waals surface area (Å²) in [4.78, 5) is 1.26. The van der Waals surface area contributed by atoms with Gasteiger partial charge in [-0.2, -0.15) is 0 Å². The molecule has 1 unspecified atom stereocenters. The van der Waals surface area contributed by atoms with Gasteiger partial charge in [-0.05, 0) is 54.2 Å². The molecule has 1 rings (SSSR count). The van der Waals surface area contributed by atoms with Crippen LogP contribution in [0.15, 0.2) is 22.0 Å². The number of hydrogen-bond donors (Lipinski definition) is 1. The molecule has 0 aliphatic heterocycles. The molecule has 0 amide bonds. The Labute approximate surface area is 98.1 Å². The lowest BCUT2D eigenvalue weighted by molar-refractivity contribution is 0.659. The van der Waals surface area contributed by atoms with Crippen LogP contribution >= 0.6 is 27.3 Å². The molecule has 0 aromatic carbocycles. The highest BCUT2D eigenvalue weighted by Gasteiger charge is 2.10. The van der Waals surface area contributed by atoms with Crippen molar-refractivity contribution >= 4 is 27.3 Å². The number of halogens is 1. The summed E-state index contributed by atoms with van der Waals surface area (Å²) >= 11 is 5.25. The molecule has 0 radical (unpaired) electrons. The van der Waals surface area contributed by atoms with Crippen LogP contribution in [-0.2, 0) is 0 Å². The van der Waals surface area contributed by atoms with E-state index in [1.54, 1.807) is 11.3 Å². The Kier molecular flexibility index (Phi) is 4.35. The van der Waals surface area contributed by atoms with Crippen molar-refractivity contribution in [2.45, 2.75) is 32.7 Å². The van der Waals surface area contributed by atoms with E-state index in [1.807, 2.05) is 6.92 Å². The second-order valence-electron chi connectivity index (χ2n) is 3.71. The van der Waals surface area contributed by atoms with Crippen molar-refractivity contribution in [3.05, 3.63) is 32.4 Å². The summed E-state index contributed by atoms with van der Waals surface area (Å²) in [6, 6.07) is 2.32. The third-order valence-electron chi connectivity index (χ3n) is 2.12. The van der Waals surface area contributed by atoms with Gasteiger partial charge in [-0.3, -0.25) is 0 Å². The molecule has 0 aliphatic rings. The quantitative estimate of drug-likeness (QED) is 0.819. The van der Waals surface area contributed by atoms with Gasteiger partial charge in [-0.15, -0.1) is 17.9 Å². The average molecular weight is 274 g/mol. The smallest absolute Gasteiger partial charge is 0.0731 e. The molecule has 78 valence electrons. The van der Waals surface area contributed by atoms with Crippen LogP contribution in [0.25, 0.3) is 0 Å². The highest BCUT2D eigenvalue weighted by molar-refractivity contribution is 9.11. The fourth-order valence-electron chi connectivity index (χ4n) is 1.21. The predicted octanol–water partition coefficient (Wildman–Crippen LogP) is 4.18. The molecule has 1 nitrogen and oxygen atoms in total. The van der Waals surface area contributed by atoms with Gasteiger partial charge in [-0.1, -0.05) is 5.57 Å². The van der Waals surface area contributed by atoms with Crippen LogP contribution < -0.4 is 5.73 Å². The van der Waals surface area contributed by atoms with Crippen LogP contribution in [-0.4, -0.2) is 0 Å². The first-order valence-corrected chi connectivity index (χ1v) is 6.27. The minimum Gasteiger partial charge on any atom is -0.323 e. The largest absolute Gasteiger partial charge is 0.323 e. The Morgan fingerprint density at radius 1 is 1.71 bits per heavy atom. The minimum atomic E-state index is 0.154. The Hall–Kier alpha value is -0.120. The lowest BCUT2D eigenvalue weighted by atomic mass is 10.1. The standard InChI is InChI=1S/C11H16BrNS/c1-7(2)4-5-9(13)10-6-8(3)11(12)14-10/h6,9H,1,4-5,13H2,2-3H3. The fourth-order valence-corrected chi connectivity index (χ4v) is 2.82. The van der Waals surface area contributed by atoms with E-state index < -0.39 is 0 Å². The lowest BCUT2D eigenvalue weighted by Crippen LogP contribution is -2.08. The van der Waals surface area contributed by atoms with E-state index in [-0.39, 0.29) is 6.04 Å². The number of aryl methyl sites for hydroxylation is 1. The molecular weight excluding hydrogens is 258 g/mol. The summed E-state index contributed by atoms with van der Waals surface area (Å²) in [5, 5.41) is 0. The highest BCUT2D eigenvalue weighted by Crippen LogP contribution is 2.32. The maximum Gasteiger partial charge on any atom is 0.0731 e. The number of allylic oxidation sites excluding steroid dienone is 1. The van der Waals surface area contributed by atoms with Crippen molar-refractivity contribution in [1.82, 2.24) is 0 Å². The van der Waals surface area contributed by atoms with Crippen LogP contribution in [0.5, 0.6) is 0 Å². The Morgan fingerprint density at radius 2 is 2.36 bits per heavy atom. The molecule has 1 aromatic heterocycles. The third kappa shape index (κ3) is 3.23. The molecule has 0 spiro atoms. The van der Waals surface area contributed by atoms with Gasteiger partial charge in [0.25, 0.3) is 0 Å². The maximum atomic E-state index is 6.07. The van der Waals surface area contributed by atoms with E-state index in [2.05, 4.69) is 35.5 Å². The molecule has 14 heavy (non-hydrogen) atoms. The minimum absolute atomic E-state index is 0.154. The summed E-state index contributed by atoms with van der Waals surface area (Å²) in [5.74, 6) is 0. The SMILES string of the molecule is C=C(C)CCC(N)c1cc(C)c(Br)s1. The molecule has 1 atom stereocenters. The highest BCUT2D eigenvalue weighted by atomic mass is 79.9. The molecule has 1 heterocycles. The zero-order valence-corrected chi connectivity index (χ0v) is 11.0. The van der Waals surface area contributed by atoms with Gasteiger partial charge in [0.05, 0.1) is 3.79 Å². The van der Waals surface area contributed by atoms with Crippen LogP contribution in [0.4, 0.5) is 0 Å². The van der Waals surface area contributed by atoms with Gasteiger partial charge in [0.1, 0.15) is 0 Å². The first-order chi connectivity index (χ1) is 6.50. The average Bonchev–Trinajstić information content (AvgIpc) is 2.43. The summed E-state index contributed by atoms with van der Waals surface area (Å²) in [6.07, 6.45) is 2.00. The first-order valence-electron chi connectivity index (χ1n) is 4.66. The number of rotatable bonds is 4. The normalized spacial score (nSPS) is 12.9. The number of hydrogen-bond acceptors (Lipinski definition) is 2. The van der Waals surface area contributed by atoms with Crippen molar-refractivity contribution in [2.75, 3.05) is 0 Å². The molecule has 2 N–H and O–H groups in total. The van der Waals surface area contributed by atoms with Crippen LogP contribution in [0.2, 0.25) is 0 Å². The van der Waals surface area contributed by atoms with Crippen molar-refractivity contribution in [3.8, 4) is 0 Å². The summed E-state index contributed by atoms with van der Waals surface area (Å²) in [6.45, 7) is 8.02. The maximum absolute atomic E-state index is 6.07. The second kappa shape index (κ2) is 5.10. The molecule has 0 saturated carbocycles. The second-order valence-corrected chi connectivity index (χ2v) is 6.11. The van der Waals surface area contributed by atoms with Crippen molar-refractivity contribution in [2.24, 2.45) is 5.73 Å². The van der Waals surface area contributed by atoms with Crippen molar-refractivity contribution < 1.29 is 0 Å². The predicted molar refractivity (Wildman–Crippen MR) is 67.7 cm³/mol. The molecule has 3 heteroatoms. The van der Waals surface area contributed by atoms with Crippen molar-refractivity contribution in [1.29, 1.82) is 0 Å². The van der Waals surface area contributed by atoms with E-state index in [0.717, 1.165) is 12.8 Å². The summed E-state index contributed by atoms with van der Waals surface area (Å²) in [5.41, 5.74) is 8.55. The van der Waals surface area contributed by atoms with Crippen molar-refractivity contribution in [3.63, 3.8) is 0 Å². The van der Waals surface area contributed by atoms with Crippen LogP contribution in [0.3, 0.4) is 0 Å². The molecule has 0 aliphatic carbocycles. The van der Waals surface area contributed by atoms with Crippen LogP contribution in [0, 0.1) is 6.92 Å². The summed E-state index contributed by atoms with van der Waals surface area (Å²) < 4.78 is 1.19. The van der Waals surface area contributed by atoms with Gasteiger partial charge >= 0.3 is 0 Å². The Morgan fingerprint density at radius 3 is 2.79 bits per heavy atom. The van der Waals surface area contributed by atoms with E-state index in [1.165, 1.54) is 19.8 Å². The topological polar surface area (TPSA) is 26.0 Å². The Balaban J connectivity index is 2.60. The van der Waals surface area contributed by atoms with Crippen LogP contribution in [0.1, 0.15) is 36.2 Å². The zero-order chi connectivity index (χ0) is 10.7. The van der Waals surface area contributed by atoms with Gasteiger partial charge in [-0.25, -0.2) is 0 Å². The Bertz CT molecular complexity index is 311. The van der Waals surface area contributed by atoms with Gasteiger partial charge in [0.15, 0.2) is 0 Å². The molecule has 0 fully saturated rings. The number of nitrogens with two attached hydrogens (primary N) is 1. The third-order valence-corrected chi connectivity index (χ3v) is 4.39. The molecule has 0 saturated heterocycles. The first kappa shape index (κ1) is 12.0. The molecule has 1 aromatic rings. The van der Waals surface area contributed by atoms with Gasteiger partial charge in [0.2, 0.25) is 0 Å².